The normalized spacial score (nSPS) is 20.4. The molecule has 2 aromatic carbocycles. The lowest BCUT2D eigenvalue weighted by Gasteiger charge is -2.32. The summed E-state index contributed by atoms with van der Waals surface area (Å²) in [6.45, 7) is 8.31. The van der Waals surface area contributed by atoms with Gasteiger partial charge in [-0.1, -0.05) is 11.6 Å². The van der Waals surface area contributed by atoms with E-state index in [9.17, 15) is 14.0 Å². The second kappa shape index (κ2) is 12.4. The Kier molecular flexibility index (Phi) is 9.02. The van der Waals surface area contributed by atoms with Crippen molar-refractivity contribution in [3.05, 3.63) is 69.2 Å². The van der Waals surface area contributed by atoms with E-state index >= 15 is 4.39 Å². The molecule has 0 unspecified atom stereocenters. The molecule has 5 rings (SSSR count). The fraction of sp³-hybridized carbons (Fsp3) is 0.562. The van der Waals surface area contributed by atoms with Crippen molar-refractivity contribution in [2.75, 3.05) is 19.6 Å². The van der Waals surface area contributed by atoms with Crippen molar-refractivity contribution in [2.24, 2.45) is 0 Å². The van der Waals surface area contributed by atoms with E-state index in [1.165, 1.54) is 23.1 Å². The van der Waals surface area contributed by atoms with Gasteiger partial charge in [-0.2, -0.15) is 0 Å². The molecule has 0 N–H and O–H groups in total. The zero-order valence-electron chi connectivity index (χ0n) is 24.1. The Morgan fingerprint density at radius 1 is 0.976 bits per heavy atom. The summed E-state index contributed by atoms with van der Waals surface area (Å²) < 4.78 is 40.9. The Bertz CT molecular complexity index is 1260. The van der Waals surface area contributed by atoms with Crippen LogP contribution in [0.1, 0.15) is 92.3 Å². The van der Waals surface area contributed by atoms with E-state index in [0.717, 1.165) is 55.5 Å². The second-order valence-electron chi connectivity index (χ2n) is 12.6. The summed E-state index contributed by atoms with van der Waals surface area (Å²) in [5.74, 6) is -1.53. The number of carbonyl (C=O) groups is 2. The molecule has 6 nitrogen and oxygen atoms in total. The highest BCUT2D eigenvalue weighted by atomic mass is 35.5. The van der Waals surface area contributed by atoms with Crippen molar-refractivity contribution in [1.29, 1.82) is 0 Å². The van der Waals surface area contributed by atoms with Crippen LogP contribution >= 0.6 is 11.6 Å². The van der Waals surface area contributed by atoms with Crippen molar-refractivity contribution < 1.29 is 27.8 Å². The van der Waals surface area contributed by atoms with Crippen LogP contribution in [0.3, 0.4) is 0 Å². The SMILES string of the molecule is CC(C)(C)OC(=O)[C@@H]1CCCN1C(=O)c1cc(C2CC2)c(COC2CCN(Cc3cc(F)cc(Cl)c3)CC2)cc1F. The highest BCUT2D eigenvalue weighted by molar-refractivity contribution is 6.30. The van der Waals surface area contributed by atoms with Gasteiger partial charge in [0.05, 0.1) is 18.3 Å². The van der Waals surface area contributed by atoms with E-state index in [-0.39, 0.29) is 24.1 Å². The van der Waals surface area contributed by atoms with Crippen LogP contribution in [0.5, 0.6) is 0 Å². The Balaban J connectivity index is 1.21. The molecule has 2 aliphatic heterocycles. The van der Waals surface area contributed by atoms with E-state index in [0.29, 0.717) is 36.9 Å². The number of hydrogen-bond donors (Lipinski definition) is 0. The van der Waals surface area contributed by atoms with E-state index in [2.05, 4.69) is 4.90 Å². The number of nitrogens with zero attached hydrogens (tertiary/aromatic N) is 2. The van der Waals surface area contributed by atoms with Gasteiger partial charge in [0.2, 0.25) is 0 Å². The molecule has 3 fully saturated rings. The number of amides is 1. The van der Waals surface area contributed by atoms with Gasteiger partial charge < -0.3 is 14.4 Å². The monoisotopic (exact) mass is 588 g/mol. The van der Waals surface area contributed by atoms with Crippen molar-refractivity contribution in [3.63, 3.8) is 0 Å². The van der Waals surface area contributed by atoms with Gasteiger partial charge in [0.25, 0.3) is 5.91 Å². The van der Waals surface area contributed by atoms with Crippen LogP contribution in [-0.2, 0) is 27.4 Å². The first kappa shape index (κ1) is 29.9. The third-order valence-electron chi connectivity index (χ3n) is 8.01. The lowest BCUT2D eigenvalue weighted by molar-refractivity contribution is -0.159. The van der Waals surface area contributed by atoms with Crippen LogP contribution in [-0.4, -0.2) is 59.1 Å². The van der Waals surface area contributed by atoms with Crippen LogP contribution in [0, 0.1) is 11.6 Å². The number of esters is 1. The fourth-order valence-electron chi connectivity index (χ4n) is 5.88. The lowest BCUT2D eigenvalue weighted by Crippen LogP contribution is -2.43. The average Bonchev–Trinajstić information content (AvgIpc) is 3.61. The minimum absolute atomic E-state index is 0.0110. The maximum Gasteiger partial charge on any atom is 0.329 e. The summed E-state index contributed by atoms with van der Waals surface area (Å²) in [6, 6.07) is 7.04. The smallest absolute Gasteiger partial charge is 0.329 e. The molecular weight excluding hydrogens is 550 g/mol. The summed E-state index contributed by atoms with van der Waals surface area (Å²) >= 11 is 6.00. The van der Waals surface area contributed by atoms with E-state index in [1.54, 1.807) is 32.9 Å². The largest absolute Gasteiger partial charge is 0.458 e. The van der Waals surface area contributed by atoms with Crippen LogP contribution in [0.2, 0.25) is 5.02 Å². The Hall–Kier alpha value is -2.55. The van der Waals surface area contributed by atoms with Gasteiger partial charge in [-0.05, 0) is 112 Å². The van der Waals surface area contributed by atoms with Crippen molar-refractivity contribution in [2.45, 2.75) is 96.1 Å². The maximum absolute atomic E-state index is 15.4. The number of benzene rings is 2. The first-order valence-corrected chi connectivity index (χ1v) is 15.0. The fourth-order valence-corrected chi connectivity index (χ4v) is 6.12. The molecule has 9 heteroatoms. The van der Waals surface area contributed by atoms with Gasteiger partial charge in [-0.15, -0.1) is 0 Å². The standard InChI is InChI=1S/C32H39ClF2N2O4/c1-32(2,3)41-31(39)29-5-4-10-37(29)30(38)27-17-26(21-6-7-21)22(15-28(27)35)19-40-25-8-11-36(12-9-25)18-20-13-23(33)16-24(34)14-20/h13-17,21,25,29H,4-12,18-19H2,1-3H3/t29-/m0/s1. The van der Waals surface area contributed by atoms with Crippen molar-refractivity contribution in [3.8, 4) is 0 Å². The molecule has 0 radical (unpaired) electrons. The van der Waals surface area contributed by atoms with Gasteiger partial charge in [-0.3, -0.25) is 9.69 Å². The minimum Gasteiger partial charge on any atom is -0.458 e. The molecule has 2 saturated heterocycles. The Morgan fingerprint density at radius 3 is 2.37 bits per heavy atom. The molecule has 0 bridgehead atoms. The summed E-state index contributed by atoms with van der Waals surface area (Å²) in [5.41, 5.74) is 1.94. The zero-order valence-corrected chi connectivity index (χ0v) is 24.8. The molecule has 222 valence electrons. The minimum atomic E-state index is -0.697. The van der Waals surface area contributed by atoms with E-state index < -0.39 is 29.3 Å². The molecule has 1 amide bonds. The van der Waals surface area contributed by atoms with Gasteiger partial charge in [0, 0.05) is 31.2 Å². The van der Waals surface area contributed by atoms with E-state index in [4.69, 9.17) is 21.1 Å². The molecule has 2 heterocycles. The Labute approximate surface area is 245 Å². The van der Waals surface area contributed by atoms with Crippen molar-refractivity contribution in [1.82, 2.24) is 9.80 Å². The topological polar surface area (TPSA) is 59.1 Å². The Morgan fingerprint density at radius 2 is 1.71 bits per heavy atom. The number of rotatable bonds is 8. The molecule has 0 aromatic heterocycles. The number of piperidine rings is 1. The molecule has 0 spiro atoms. The number of hydrogen-bond acceptors (Lipinski definition) is 5. The van der Waals surface area contributed by atoms with Gasteiger partial charge >= 0.3 is 5.97 Å². The number of carbonyl (C=O) groups excluding carboxylic acids is 2. The maximum atomic E-state index is 15.4. The van der Waals surface area contributed by atoms with Crippen molar-refractivity contribution >= 4 is 23.5 Å². The number of likely N-dealkylation sites (tertiary alicyclic amines) is 2. The average molecular weight is 589 g/mol. The van der Waals surface area contributed by atoms with Crippen LogP contribution in [0.25, 0.3) is 0 Å². The third-order valence-corrected chi connectivity index (χ3v) is 8.22. The van der Waals surface area contributed by atoms with Gasteiger partial charge in [0.15, 0.2) is 0 Å². The van der Waals surface area contributed by atoms with E-state index in [1.807, 2.05) is 0 Å². The number of halogens is 3. The van der Waals surface area contributed by atoms with Crippen LogP contribution in [0.4, 0.5) is 8.78 Å². The highest BCUT2D eigenvalue weighted by Crippen LogP contribution is 2.43. The molecule has 3 aliphatic rings. The molecule has 41 heavy (non-hydrogen) atoms. The first-order valence-electron chi connectivity index (χ1n) is 14.6. The summed E-state index contributed by atoms with van der Waals surface area (Å²) in [6.07, 6.45) is 4.87. The molecule has 1 atom stereocenters. The first-order chi connectivity index (χ1) is 19.5. The number of ether oxygens (including phenoxy) is 2. The molecule has 1 saturated carbocycles. The second-order valence-corrected chi connectivity index (χ2v) is 13.0. The zero-order chi connectivity index (χ0) is 29.3. The quantitative estimate of drug-likeness (QED) is 0.324. The van der Waals surface area contributed by atoms with Gasteiger partial charge in [-0.25, -0.2) is 13.6 Å². The summed E-state index contributed by atoms with van der Waals surface area (Å²) in [5, 5.41) is 0.396. The predicted octanol–water partition coefficient (Wildman–Crippen LogP) is 6.62. The third kappa shape index (κ3) is 7.65. The predicted molar refractivity (Wildman–Crippen MR) is 153 cm³/mol. The highest BCUT2D eigenvalue weighted by Gasteiger charge is 2.39. The van der Waals surface area contributed by atoms with Crippen LogP contribution < -0.4 is 0 Å². The summed E-state index contributed by atoms with van der Waals surface area (Å²) in [7, 11) is 0. The van der Waals surface area contributed by atoms with Crippen LogP contribution in [0.15, 0.2) is 30.3 Å². The summed E-state index contributed by atoms with van der Waals surface area (Å²) in [4.78, 5) is 29.9. The molecule has 1 aliphatic carbocycles. The van der Waals surface area contributed by atoms with Gasteiger partial charge in [0.1, 0.15) is 23.3 Å². The molecule has 2 aromatic rings. The molecular formula is C32H39ClF2N2O4. The lowest BCUT2D eigenvalue weighted by atomic mass is 9.98.